The van der Waals surface area contributed by atoms with Crippen LogP contribution in [0.3, 0.4) is 0 Å². The van der Waals surface area contributed by atoms with Crippen LogP contribution >= 0.6 is 0 Å². The molecule has 0 saturated heterocycles. The summed E-state index contributed by atoms with van der Waals surface area (Å²) in [5.41, 5.74) is 2.01. The maximum Gasteiger partial charge on any atom is 0.475 e. The van der Waals surface area contributed by atoms with Crippen molar-refractivity contribution in [2.75, 3.05) is 0 Å². The summed E-state index contributed by atoms with van der Waals surface area (Å²) in [4.78, 5) is 4.22. The van der Waals surface area contributed by atoms with Crippen molar-refractivity contribution in [3.8, 4) is 11.3 Å². The standard InChI is InChI=1S/C13H15BN8.C11H8N.Ir/c1-18-11-12-19(13-18)14(20-8-2-5-15-20,21-9-3-6-16-21)22-10-4-7-17-22;1-2-6-10(7-3-1)11-8-4-5-9-12-11;/h2-13H,1H3;1-6,8-9H;/q;-1;. The van der Waals surface area contributed by atoms with Gasteiger partial charge in [-0.1, -0.05) is 12.1 Å². The van der Waals surface area contributed by atoms with Crippen LogP contribution in [0, 0.1) is 6.07 Å². The van der Waals surface area contributed by atoms with E-state index in [1.165, 1.54) is 0 Å². The van der Waals surface area contributed by atoms with E-state index in [0.717, 1.165) is 11.3 Å². The summed E-state index contributed by atoms with van der Waals surface area (Å²) in [7, 11) is 1.98. The van der Waals surface area contributed by atoms with E-state index in [9.17, 15) is 0 Å². The van der Waals surface area contributed by atoms with Crippen LogP contribution in [0.5, 0.6) is 0 Å². The molecule has 0 aliphatic heterocycles. The monoisotopic (exact) mass is 641 g/mol. The third-order valence-electron chi connectivity index (χ3n) is 5.48. The van der Waals surface area contributed by atoms with Crippen molar-refractivity contribution in [1.82, 2.24) is 43.1 Å². The van der Waals surface area contributed by atoms with E-state index in [1.54, 1.807) is 24.8 Å². The maximum atomic E-state index is 4.48. The van der Waals surface area contributed by atoms with Crippen molar-refractivity contribution in [3.05, 3.63) is 129 Å². The molecule has 35 heavy (non-hydrogen) atoms. The normalized spacial score (nSPS) is 10.8. The summed E-state index contributed by atoms with van der Waals surface area (Å²) in [6.07, 6.45) is 18.8. The number of pyridine rings is 1. The largest absolute Gasteiger partial charge is 0.475 e. The minimum atomic E-state index is -1.76. The number of aromatic nitrogens is 9. The van der Waals surface area contributed by atoms with Gasteiger partial charge in [0.1, 0.15) is 12.5 Å². The van der Waals surface area contributed by atoms with Gasteiger partial charge in [0, 0.05) is 51.9 Å². The van der Waals surface area contributed by atoms with Crippen LogP contribution < -0.4 is 0 Å². The van der Waals surface area contributed by atoms with Gasteiger partial charge in [-0.25, -0.2) is 19.9 Å². The molecular formula is C24H23BIrN9-. The molecule has 177 valence electrons. The Morgan fingerprint density at radius 1 is 0.714 bits per heavy atom. The predicted octanol–water partition coefficient (Wildman–Crippen LogP) is 3.17. The first-order valence-corrected chi connectivity index (χ1v) is 10.8. The number of imidazole rings is 1. The number of nitrogens with zero attached hydrogens (tertiary/aromatic N) is 9. The van der Waals surface area contributed by atoms with Crippen LogP contribution in [0.1, 0.15) is 0 Å². The molecule has 6 aromatic rings. The Hall–Kier alpha value is -4.08. The molecule has 1 aromatic carbocycles. The first-order valence-electron chi connectivity index (χ1n) is 10.8. The topological polar surface area (TPSA) is 76.2 Å². The van der Waals surface area contributed by atoms with E-state index in [-0.39, 0.29) is 20.1 Å². The molecule has 5 aromatic heterocycles. The molecule has 1 radical (unpaired) electrons. The number of rotatable bonds is 5. The van der Waals surface area contributed by atoms with Gasteiger partial charge in [0.05, 0.1) is 0 Å². The van der Waals surface area contributed by atoms with Crippen molar-refractivity contribution in [2.45, 2.75) is 0 Å². The second-order valence-corrected chi connectivity index (χ2v) is 7.67. The molecule has 9 nitrogen and oxygen atoms in total. The Morgan fingerprint density at radius 2 is 1.34 bits per heavy atom. The zero-order valence-corrected chi connectivity index (χ0v) is 21.4. The smallest absolute Gasteiger partial charge is 0.379 e. The van der Waals surface area contributed by atoms with E-state index in [4.69, 9.17) is 0 Å². The summed E-state index contributed by atoms with van der Waals surface area (Å²) in [5.74, 6) is 0. The van der Waals surface area contributed by atoms with Crippen molar-refractivity contribution < 1.29 is 20.1 Å². The van der Waals surface area contributed by atoms with Crippen molar-refractivity contribution in [2.24, 2.45) is 7.05 Å². The molecule has 0 bridgehead atoms. The van der Waals surface area contributed by atoms with Gasteiger partial charge in [-0.05, 0) is 48.5 Å². The van der Waals surface area contributed by atoms with Gasteiger partial charge in [-0.3, -0.25) is 0 Å². The second kappa shape index (κ2) is 10.9. The molecule has 0 fully saturated rings. The van der Waals surface area contributed by atoms with E-state index in [2.05, 4.69) is 30.8 Å². The molecule has 0 saturated carbocycles. The molecular weight excluding hydrogens is 617 g/mol. The Morgan fingerprint density at radius 3 is 1.77 bits per heavy atom. The minimum Gasteiger partial charge on any atom is -0.379 e. The fourth-order valence-corrected chi connectivity index (χ4v) is 3.98. The molecule has 0 aliphatic carbocycles. The van der Waals surface area contributed by atoms with E-state index >= 15 is 0 Å². The molecule has 0 N–H and O–H groups in total. The van der Waals surface area contributed by atoms with Gasteiger partial charge in [0.25, 0.3) is 0 Å². The fraction of sp³-hybridized carbons (Fsp3) is 0.0417. The Bertz CT molecular complexity index is 1280. The predicted molar refractivity (Wildman–Crippen MR) is 130 cm³/mol. The van der Waals surface area contributed by atoms with Crippen LogP contribution in [-0.4, -0.2) is 49.8 Å². The average Bonchev–Trinajstić information content (AvgIpc) is 3.71. The number of hydrogen-bond acceptors (Lipinski definition) is 4. The maximum absolute atomic E-state index is 4.48. The Balaban J connectivity index is 0.000000189. The van der Waals surface area contributed by atoms with Crippen LogP contribution in [0.15, 0.2) is 123 Å². The molecule has 0 amide bonds. The molecule has 5 heterocycles. The molecule has 6 rings (SSSR count). The van der Waals surface area contributed by atoms with Gasteiger partial charge in [-0.15, -0.1) is 35.9 Å². The summed E-state index contributed by atoms with van der Waals surface area (Å²) < 4.78 is 9.67. The third kappa shape index (κ3) is 4.77. The first-order chi connectivity index (χ1) is 16.8. The number of benzene rings is 1. The minimum absolute atomic E-state index is 0. The summed E-state index contributed by atoms with van der Waals surface area (Å²) >= 11 is 0. The van der Waals surface area contributed by atoms with Gasteiger partial charge in [0.15, 0.2) is 6.20 Å². The van der Waals surface area contributed by atoms with Gasteiger partial charge < -0.3 is 23.2 Å². The van der Waals surface area contributed by atoms with E-state index < -0.39 is 6.69 Å². The summed E-state index contributed by atoms with van der Waals surface area (Å²) in [6, 6.07) is 22.5. The molecule has 0 spiro atoms. The van der Waals surface area contributed by atoms with Crippen LogP contribution in [0.2, 0.25) is 0 Å². The van der Waals surface area contributed by atoms with E-state index in [0.29, 0.717) is 0 Å². The molecule has 11 heteroatoms. The number of aryl methyl sites for hydroxylation is 1. The van der Waals surface area contributed by atoms with E-state index in [1.807, 2.05) is 123 Å². The molecule has 0 unspecified atom stereocenters. The fourth-order valence-electron chi connectivity index (χ4n) is 3.98. The SMILES string of the molecule is Cn1ccn([B-](n2cccn2)(n2cccn2)n2cccn2)[cH+]1.[Ir].[c-]1ccccc1-c1ccccn1. The van der Waals surface area contributed by atoms with Gasteiger partial charge in [-0.2, -0.15) is 0 Å². The van der Waals surface area contributed by atoms with Crippen LogP contribution in [0.25, 0.3) is 11.3 Å². The van der Waals surface area contributed by atoms with Crippen molar-refractivity contribution in [3.63, 3.8) is 0 Å². The second-order valence-electron chi connectivity index (χ2n) is 7.67. The summed E-state index contributed by atoms with van der Waals surface area (Å²) in [6.45, 7) is -1.76. The third-order valence-corrected chi connectivity index (χ3v) is 5.48. The zero-order valence-electron chi connectivity index (χ0n) is 19.0. The Labute approximate surface area is 216 Å². The van der Waals surface area contributed by atoms with Gasteiger partial charge >= 0.3 is 6.69 Å². The zero-order chi connectivity index (χ0) is 23.2. The van der Waals surface area contributed by atoms with Crippen LogP contribution in [0.4, 0.5) is 0 Å². The first kappa shape index (κ1) is 24.1. The van der Waals surface area contributed by atoms with Gasteiger partial charge in [0.2, 0.25) is 0 Å². The van der Waals surface area contributed by atoms with Crippen molar-refractivity contribution >= 4 is 6.69 Å². The summed E-state index contributed by atoms with van der Waals surface area (Å²) in [5, 5.41) is 13.4. The average molecular weight is 641 g/mol. The number of hydrogen-bond donors (Lipinski definition) is 0. The molecule has 0 aliphatic rings. The van der Waals surface area contributed by atoms with Crippen molar-refractivity contribution in [1.29, 1.82) is 0 Å². The molecule has 0 atom stereocenters. The quantitative estimate of drug-likeness (QED) is 0.215. The Kier molecular flexibility index (Phi) is 7.49. The van der Waals surface area contributed by atoms with Crippen LogP contribution in [-0.2, 0) is 27.2 Å².